The van der Waals surface area contributed by atoms with Gasteiger partial charge in [0.25, 0.3) is 0 Å². The molecule has 0 N–H and O–H groups in total. The smallest absolute Gasteiger partial charge is 0.223 e. The van der Waals surface area contributed by atoms with E-state index in [1.54, 1.807) is 0 Å². The molecule has 3 heteroatoms. The van der Waals surface area contributed by atoms with Gasteiger partial charge in [0.05, 0.1) is 0 Å². The van der Waals surface area contributed by atoms with Crippen LogP contribution >= 0.6 is 11.8 Å². The van der Waals surface area contributed by atoms with Gasteiger partial charge < -0.3 is 4.90 Å². The number of amides is 1. The lowest BCUT2D eigenvalue weighted by Crippen LogP contribution is -2.48. The standard InChI is InChI=1S/C24H33NOS/c1-17-4-2-3-5-21(17)22-6-7-25(8-9-27-22)23(26)16-24-13-18-10-19(14-24)12-20(11-18)15-24/h2-5,18-20,22H,6-16H2,1H3. The van der Waals surface area contributed by atoms with Crippen LogP contribution in [-0.2, 0) is 4.79 Å². The molecule has 1 aromatic carbocycles. The van der Waals surface area contributed by atoms with Crippen LogP contribution in [0.1, 0.15) is 67.7 Å². The SMILES string of the molecule is Cc1ccccc1C1CCN(C(=O)CC23CC4CC(CC(C4)C2)C3)CCS1. The first kappa shape index (κ1) is 18.1. The van der Waals surface area contributed by atoms with Crippen LogP contribution in [0, 0.1) is 30.1 Å². The van der Waals surface area contributed by atoms with Crippen LogP contribution in [0.25, 0.3) is 0 Å². The lowest BCUT2D eigenvalue weighted by Gasteiger charge is -2.57. The summed E-state index contributed by atoms with van der Waals surface area (Å²) >= 11 is 2.05. The average molecular weight is 384 g/mol. The van der Waals surface area contributed by atoms with Gasteiger partial charge in [-0.3, -0.25) is 4.79 Å². The van der Waals surface area contributed by atoms with Crippen molar-refractivity contribution in [2.75, 3.05) is 18.8 Å². The fraction of sp³-hybridized carbons (Fsp3) is 0.708. The molecule has 6 rings (SSSR count). The second-order valence-electron chi connectivity index (χ2n) is 9.98. The number of rotatable bonds is 3. The normalized spacial score (nSPS) is 38.0. The molecule has 5 fully saturated rings. The first-order valence-corrected chi connectivity index (χ1v) is 12.1. The minimum atomic E-state index is 0.376. The van der Waals surface area contributed by atoms with Crippen molar-refractivity contribution in [3.8, 4) is 0 Å². The van der Waals surface area contributed by atoms with Crippen molar-refractivity contribution in [1.82, 2.24) is 4.90 Å². The van der Waals surface area contributed by atoms with Gasteiger partial charge in [0, 0.05) is 30.5 Å². The van der Waals surface area contributed by atoms with Crippen LogP contribution in [0.4, 0.5) is 0 Å². The number of thioether (sulfide) groups is 1. The highest BCUT2D eigenvalue weighted by Crippen LogP contribution is 2.61. The fourth-order valence-corrected chi connectivity index (χ4v) is 8.48. The molecule has 2 nitrogen and oxygen atoms in total. The summed E-state index contributed by atoms with van der Waals surface area (Å²) in [5, 5.41) is 0.545. The van der Waals surface area contributed by atoms with Gasteiger partial charge in [0.15, 0.2) is 0 Å². The van der Waals surface area contributed by atoms with Crippen molar-refractivity contribution in [2.24, 2.45) is 23.2 Å². The van der Waals surface area contributed by atoms with E-state index in [1.807, 2.05) is 11.8 Å². The van der Waals surface area contributed by atoms with Crippen molar-refractivity contribution in [2.45, 2.75) is 63.5 Å². The summed E-state index contributed by atoms with van der Waals surface area (Å²) in [6.45, 7) is 4.10. The molecule has 0 aromatic heterocycles. The van der Waals surface area contributed by atoms with E-state index in [0.717, 1.165) is 49.4 Å². The highest BCUT2D eigenvalue weighted by Gasteiger charge is 2.51. The van der Waals surface area contributed by atoms with Gasteiger partial charge in [-0.15, -0.1) is 0 Å². The molecule has 0 radical (unpaired) electrons. The maximum absolute atomic E-state index is 13.3. The van der Waals surface area contributed by atoms with Gasteiger partial charge in [-0.25, -0.2) is 0 Å². The monoisotopic (exact) mass is 383 g/mol. The first-order valence-electron chi connectivity index (χ1n) is 11.1. The third-order valence-corrected chi connectivity index (χ3v) is 9.23. The van der Waals surface area contributed by atoms with Crippen LogP contribution in [0.2, 0.25) is 0 Å². The Labute approximate surface area is 168 Å². The van der Waals surface area contributed by atoms with Crippen LogP contribution in [0.15, 0.2) is 24.3 Å². The fourth-order valence-electron chi connectivity index (χ4n) is 7.16. The van der Waals surface area contributed by atoms with Crippen LogP contribution < -0.4 is 0 Å². The molecule has 0 spiro atoms. The van der Waals surface area contributed by atoms with Crippen molar-refractivity contribution in [3.05, 3.63) is 35.4 Å². The number of hydrogen-bond donors (Lipinski definition) is 0. The molecule has 1 amide bonds. The van der Waals surface area contributed by atoms with Gasteiger partial charge in [0.1, 0.15) is 0 Å². The molecule has 1 heterocycles. The van der Waals surface area contributed by atoms with E-state index < -0.39 is 0 Å². The Balaban J connectivity index is 1.23. The number of benzene rings is 1. The topological polar surface area (TPSA) is 20.3 Å². The Bertz CT molecular complexity index is 679. The molecule has 1 aromatic rings. The zero-order valence-corrected chi connectivity index (χ0v) is 17.5. The molecule has 1 aliphatic heterocycles. The Morgan fingerprint density at radius 2 is 1.74 bits per heavy atom. The number of aryl methyl sites for hydroxylation is 1. The van der Waals surface area contributed by atoms with Gasteiger partial charge in [-0.2, -0.15) is 11.8 Å². The predicted octanol–water partition coefficient (Wildman–Crippen LogP) is 5.61. The van der Waals surface area contributed by atoms with E-state index in [9.17, 15) is 4.79 Å². The Morgan fingerprint density at radius 3 is 2.41 bits per heavy atom. The first-order chi connectivity index (χ1) is 13.1. The molecule has 146 valence electrons. The van der Waals surface area contributed by atoms with E-state index in [4.69, 9.17) is 0 Å². The number of hydrogen-bond acceptors (Lipinski definition) is 2. The maximum atomic E-state index is 13.3. The van der Waals surface area contributed by atoms with Crippen molar-refractivity contribution in [3.63, 3.8) is 0 Å². The highest BCUT2D eigenvalue weighted by molar-refractivity contribution is 7.99. The van der Waals surface area contributed by atoms with E-state index in [-0.39, 0.29) is 0 Å². The van der Waals surface area contributed by atoms with Crippen LogP contribution in [0.3, 0.4) is 0 Å². The minimum Gasteiger partial charge on any atom is -0.342 e. The van der Waals surface area contributed by atoms with Crippen molar-refractivity contribution < 1.29 is 4.79 Å². The maximum Gasteiger partial charge on any atom is 0.223 e. The Kier molecular flexibility index (Phi) is 4.78. The van der Waals surface area contributed by atoms with E-state index in [0.29, 0.717) is 16.6 Å². The molecule has 4 saturated carbocycles. The number of carbonyl (C=O) groups is 1. The molecular weight excluding hydrogens is 350 g/mol. The van der Waals surface area contributed by atoms with Crippen LogP contribution in [-0.4, -0.2) is 29.6 Å². The van der Waals surface area contributed by atoms with Crippen molar-refractivity contribution in [1.29, 1.82) is 0 Å². The average Bonchev–Trinajstić information content (AvgIpc) is 2.87. The molecule has 4 bridgehead atoms. The minimum absolute atomic E-state index is 0.376. The number of nitrogens with zero attached hydrogens (tertiary/aromatic N) is 1. The molecule has 5 aliphatic rings. The number of carbonyl (C=O) groups excluding carboxylic acids is 1. The lowest BCUT2D eigenvalue weighted by atomic mass is 9.49. The van der Waals surface area contributed by atoms with Crippen LogP contribution in [0.5, 0.6) is 0 Å². The zero-order chi connectivity index (χ0) is 18.4. The quantitative estimate of drug-likeness (QED) is 0.676. The second-order valence-corrected chi connectivity index (χ2v) is 11.3. The third-order valence-electron chi connectivity index (χ3n) is 7.92. The lowest BCUT2D eigenvalue weighted by molar-refractivity contribution is -0.139. The summed E-state index contributed by atoms with van der Waals surface area (Å²) in [7, 11) is 0. The Hall–Kier alpha value is -0.960. The van der Waals surface area contributed by atoms with E-state index >= 15 is 0 Å². The Morgan fingerprint density at radius 1 is 1.07 bits per heavy atom. The second kappa shape index (κ2) is 7.13. The van der Waals surface area contributed by atoms with Gasteiger partial charge in [-0.05, 0) is 86.2 Å². The largest absolute Gasteiger partial charge is 0.342 e. The summed E-state index contributed by atoms with van der Waals surface area (Å²) < 4.78 is 0. The highest BCUT2D eigenvalue weighted by atomic mass is 32.2. The summed E-state index contributed by atoms with van der Waals surface area (Å²) in [6, 6.07) is 8.78. The summed E-state index contributed by atoms with van der Waals surface area (Å²) in [5.74, 6) is 4.35. The third kappa shape index (κ3) is 3.57. The molecule has 1 saturated heterocycles. The molecule has 1 atom stereocenters. The summed E-state index contributed by atoms with van der Waals surface area (Å²) in [4.78, 5) is 15.5. The predicted molar refractivity (Wildman–Crippen MR) is 113 cm³/mol. The van der Waals surface area contributed by atoms with Gasteiger partial charge in [0.2, 0.25) is 5.91 Å². The molecule has 1 unspecified atom stereocenters. The molecular formula is C24H33NOS. The zero-order valence-electron chi connectivity index (χ0n) is 16.7. The van der Waals surface area contributed by atoms with Gasteiger partial charge in [-0.1, -0.05) is 24.3 Å². The van der Waals surface area contributed by atoms with E-state index in [2.05, 4.69) is 36.1 Å². The summed E-state index contributed by atoms with van der Waals surface area (Å²) in [5.41, 5.74) is 3.24. The van der Waals surface area contributed by atoms with E-state index in [1.165, 1.54) is 49.7 Å². The van der Waals surface area contributed by atoms with Gasteiger partial charge >= 0.3 is 0 Å². The molecule has 4 aliphatic carbocycles. The van der Waals surface area contributed by atoms with Crippen molar-refractivity contribution >= 4 is 17.7 Å². The molecule has 27 heavy (non-hydrogen) atoms. The summed E-state index contributed by atoms with van der Waals surface area (Å²) in [6.07, 6.45) is 10.4.